The van der Waals surface area contributed by atoms with Gasteiger partial charge in [0.1, 0.15) is 0 Å². The van der Waals surface area contributed by atoms with Crippen LogP contribution in [0.15, 0.2) is 30.3 Å². The molecule has 0 aliphatic rings. The van der Waals surface area contributed by atoms with Crippen LogP contribution in [0.1, 0.15) is 38.3 Å². The molecule has 0 aliphatic heterocycles. The fourth-order valence-electron chi connectivity index (χ4n) is 1.73. The second-order valence-electron chi connectivity index (χ2n) is 4.12. The molecule has 1 atom stereocenters. The summed E-state index contributed by atoms with van der Waals surface area (Å²) in [7, 11) is 0. The van der Waals surface area contributed by atoms with Crippen molar-refractivity contribution in [2.45, 2.75) is 32.7 Å². The Morgan fingerprint density at radius 2 is 1.69 bits per heavy atom. The molecule has 0 saturated heterocycles. The SMILES string of the molecule is CCCNCC(NCCC)c1ccccc1. The lowest BCUT2D eigenvalue weighted by molar-refractivity contribution is 0.489. The number of nitrogens with one attached hydrogen (secondary N) is 2. The average Bonchev–Trinajstić information content (AvgIpc) is 2.35. The van der Waals surface area contributed by atoms with Crippen LogP contribution in [0.3, 0.4) is 0 Å². The Bertz CT molecular complexity index is 259. The van der Waals surface area contributed by atoms with Crippen molar-refractivity contribution in [3.05, 3.63) is 35.9 Å². The first kappa shape index (κ1) is 13.2. The fourth-order valence-corrected chi connectivity index (χ4v) is 1.73. The van der Waals surface area contributed by atoms with E-state index in [1.807, 2.05) is 0 Å². The quantitative estimate of drug-likeness (QED) is 0.658. The van der Waals surface area contributed by atoms with Crippen LogP contribution in [-0.4, -0.2) is 19.6 Å². The Morgan fingerprint density at radius 1 is 1.00 bits per heavy atom. The third-order valence-electron chi connectivity index (χ3n) is 2.62. The molecule has 0 fully saturated rings. The molecule has 0 bridgehead atoms. The standard InChI is InChI=1S/C14H24N2/c1-3-10-15-12-14(16-11-4-2)13-8-6-5-7-9-13/h5-9,14-16H,3-4,10-12H2,1-2H3. The molecule has 0 heterocycles. The van der Waals surface area contributed by atoms with E-state index in [1.54, 1.807) is 0 Å². The van der Waals surface area contributed by atoms with Crippen molar-refractivity contribution in [2.24, 2.45) is 0 Å². The van der Waals surface area contributed by atoms with Gasteiger partial charge in [-0.3, -0.25) is 0 Å². The number of benzene rings is 1. The van der Waals surface area contributed by atoms with Gasteiger partial charge in [0.15, 0.2) is 0 Å². The molecule has 1 rings (SSSR count). The second kappa shape index (κ2) is 8.31. The van der Waals surface area contributed by atoms with Gasteiger partial charge in [0.2, 0.25) is 0 Å². The van der Waals surface area contributed by atoms with Crippen LogP contribution < -0.4 is 10.6 Å². The molecule has 1 aromatic rings. The van der Waals surface area contributed by atoms with Crippen molar-refractivity contribution in [3.63, 3.8) is 0 Å². The van der Waals surface area contributed by atoms with E-state index in [1.165, 1.54) is 18.4 Å². The van der Waals surface area contributed by atoms with Gasteiger partial charge in [-0.25, -0.2) is 0 Å². The summed E-state index contributed by atoms with van der Waals surface area (Å²) in [6.07, 6.45) is 2.37. The average molecular weight is 220 g/mol. The Balaban J connectivity index is 2.49. The second-order valence-corrected chi connectivity index (χ2v) is 4.12. The molecule has 2 nitrogen and oxygen atoms in total. The lowest BCUT2D eigenvalue weighted by Crippen LogP contribution is -2.32. The van der Waals surface area contributed by atoms with E-state index in [4.69, 9.17) is 0 Å². The van der Waals surface area contributed by atoms with Gasteiger partial charge in [0.25, 0.3) is 0 Å². The van der Waals surface area contributed by atoms with Crippen molar-refractivity contribution < 1.29 is 0 Å². The van der Waals surface area contributed by atoms with Crippen LogP contribution in [-0.2, 0) is 0 Å². The van der Waals surface area contributed by atoms with Crippen molar-refractivity contribution >= 4 is 0 Å². The van der Waals surface area contributed by atoms with Gasteiger partial charge < -0.3 is 10.6 Å². The van der Waals surface area contributed by atoms with Crippen LogP contribution >= 0.6 is 0 Å². The zero-order valence-electron chi connectivity index (χ0n) is 10.5. The molecule has 1 unspecified atom stereocenters. The Kier molecular flexibility index (Phi) is 6.86. The minimum Gasteiger partial charge on any atom is -0.315 e. The zero-order valence-corrected chi connectivity index (χ0v) is 10.5. The normalized spacial score (nSPS) is 12.6. The van der Waals surface area contributed by atoms with Crippen LogP contribution in [0.2, 0.25) is 0 Å². The highest BCUT2D eigenvalue weighted by Crippen LogP contribution is 2.11. The first-order valence-electron chi connectivity index (χ1n) is 6.37. The Labute approximate surface area is 99.5 Å². The molecule has 0 aromatic heterocycles. The number of rotatable bonds is 8. The van der Waals surface area contributed by atoms with Gasteiger partial charge in [-0.05, 0) is 31.5 Å². The van der Waals surface area contributed by atoms with Gasteiger partial charge in [-0.2, -0.15) is 0 Å². The van der Waals surface area contributed by atoms with Crippen molar-refractivity contribution in [1.82, 2.24) is 10.6 Å². The zero-order chi connectivity index (χ0) is 11.6. The summed E-state index contributed by atoms with van der Waals surface area (Å²) in [4.78, 5) is 0. The maximum atomic E-state index is 3.58. The highest BCUT2D eigenvalue weighted by atomic mass is 15.0. The van der Waals surface area contributed by atoms with E-state index in [0.29, 0.717) is 6.04 Å². The summed E-state index contributed by atoms with van der Waals surface area (Å²) < 4.78 is 0. The minimum atomic E-state index is 0.438. The van der Waals surface area contributed by atoms with Gasteiger partial charge in [0.05, 0.1) is 0 Å². The number of hydrogen-bond acceptors (Lipinski definition) is 2. The van der Waals surface area contributed by atoms with Gasteiger partial charge in [-0.15, -0.1) is 0 Å². The maximum Gasteiger partial charge on any atom is 0.0446 e. The molecule has 2 N–H and O–H groups in total. The molecule has 0 radical (unpaired) electrons. The van der Waals surface area contributed by atoms with E-state index < -0.39 is 0 Å². The molecule has 0 amide bonds. The molecule has 2 heteroatoms. The lowest BCUT2D eigenvalue weighted by Gasteiger charge is -2.19. The van der Waals surface area contributed by atoms with E-state index >= 15 is 0 Å². The largest absolute Gasteiger partial charge is 0.315 e. The first-order chi connectivity index (χ1) is 7.88. The smallest absolute Gasteiger partial charge is 0.0446 e. The van der Waals surface area contributed by atoms with E-state index in [9.17, 15) is 0 Å². The fraction of sp³-hybridized carbons (Fsp3) is 0.571. The van der Waals surface area contributed by atoms with Crippen LogP contribution in [0.4, 0.5) is 0 Å². The molecular formula is C14H24N2. The number of hydrogen-bond donors (Lipinski definition) is 2. The molecule has 0 saturated carbocycles. The summed E-state index contributed by atoms with van der Waals surface area (Å²) in [5.74, 6) is 0. The molecular weight excluding hydrogens is 196 g/mol. The molecule has 1 aromatic carbocycles. The minimum absolute atomic E-state index is 0.438. The van der Waals surface area contributed by atoms with Gasteiger partial charge in [0, 0.05) is 12.6 Å². The molecule has 16 heavy (non-hydrogen) atoms. The van der Waals surface area contributed by atoms with E-state index in [0.717, 1.165) is 19.6 Å². The van der Waals surface area contributed by atoms with Crippen LogP contribution in [0.25, 0.3) is 0 Å². The Hall–Kier alpha value is -0.860. The highest BCUT2D eigenvalue weighted by molar-refractivity contribution is 5.19. The first-order valence-corrected chi connectivity index (χ1v) is 6.37. The summed E-state index contributed by atoms with van der Waals surface area (Å²) in [5, 5.41) is 7.06. The maximum absolute atomic E-state index is 3.58. The summed E-state index contributed by atoms with van der Waals surface area (Å²) in [6, 6.07) is 11.1. The third-order valence-corrected chi connectivity index (χ3v) is 2.62. The van der Waals surface area contributed by atoms with Crippen LogP contribution in [0.5, 0.6) is 0 Å². The van der Waals surface area contributed by atoms with Crippen LogP contribution in [0, 0.1) is 0 Å². The molecule has 0 aliphatic carbocycles. The summed E-state index contributed by atoms with van der Waals surface area (Å²) in [5.41, 5.74) is 1.37. The lowest BCUT2D eigenvalue weighted by atomic mass is 10.1. The summed E-state index contributed by atoms with van der Waals surface area (Å²) >= 11 is 0. The Morgan fingerprint density at radius 3 is 2.31 bits per heavy atom. The van der Waals surface area contributed by atoms with E-state index in [2.05, 4.69) is 54.8 Å². The topological polar surface area (TPSA) is 24.1 Å². The third kappa shape index (κ3) is 4.77. The van der Waals surface area contributed by atoms with Crippen molar-refractivity contribution in [2.75, 3.05) is 19.6 Å². The molecule has 90 valence electrons. The monoisotopic (exact) mass is 220 g/mol. The predicted molar refractivity (Wildman–Crippen MR) is 70.6 cm³/mol. The van der Waals surface area contributed by atoms with Crippen molar-refractivity contribution in [3.8, 4) is 0 Å². The van der Waals surface area contributed by atoms with Gasteiger partial charge in [-0.1, -0.05) is 44.2 Å². The highest BCUT2D eigenvalue weighted by Gasteiger charge is 2.08. The van der Waals surface area contributed by atoms with E-state index in [-0.39, 0.29) is 0 Å². The predicted octanol–water partition coefficient (Wildman–Crippen LogP) is 2.73. The molecule has 0 spiro atoms. The van der Waals surface area contributed by atoms with Gasteiger partial charge >= 0.3 is 0 Å². The summed E-state index contributed by atoms with van der Waals surface area (Å²) in [6.45, 7) is 7.58. The van der Waals surface area contributed by atoms with Crippen molar-refractivity contribution in [1.29, 1.82) is 0 Å².